The zero-order chi connectivity index (χ0) is 11.4. The van der Waals surface area contributed by atoms with E-state index in [0.29, 0.717) is 0 Å². The Balaban J connectivity index is 2.09. The van der Waals surface area contributed by atoms with E-state index in [0.717, 1.165) is 12.8 Å². The van der Waals surface area contributed by atoms with Gasteiger partial charge in [0.25, 0.3) is 0 Å². The number of aliphatic imine (C=N–C) groups is 1. The number of nitrogens with zero attached hydrogens (tertiary/aromatic N) is 1. The lowest BCUT2D eigenvalue weighted by molar-refractivity contribution is 0.645. The van der Waals surface area contributed by atoms with Gasteiger partial charge in [-0.2, -0.15) is 0 Å². The third kappa shape index (κ3) is 2.32. The molecule has 1 aromatic carbocycles. The number of hydrogen-bond donors (Lipinski definition) is 1. The molecule has 0 saturated heterocycles. The summed E-state index contributed by atoms with van der Waals surface area (Å²) < 4.78 is 0. The second kappa shape index (κ2) is 4.97. The predicted molar refractivity (Wildman–Crippen MR) is 68.6 cm³/mol. The number of nitrogens with one attached hydrogen (secondary N) is 1. The van der Waals surface area contributed by atoms with Gasteiger partial charge < -0.3 is 5.32 Å². The normalized spacial score (nSPS) is 19.1. The lowest BCUT2D eigenvalue weighted by Crippen LogP contribution is -2.18. The maximum atomic E-state index is 4.50. The van der Waals surface area contributed by atoms with E-state index in [1.54, 1.807) is 0 Å². The average molecular weight is 214 g/mol. The van der Waals surface area contributed by atoms with Crippen molar-refractivity contribution in [3.05, 3.63) is 47.2 Å². The molecular formula is C14H18N2. The van der Waals surface area contributed by atoms with Crippen molar-refractivity contribution in [2.75, 3.05) is 0 Å². The summed E-state index contributed by atoms with van der Waals surface area (Å²) in [5.74, 6) is 0. The summed E-state index contributed by atoms with van der Waals surface area (Å²) in [6.07, 6.45) is 6.22. The molecule has 1 heterocycles. The molecule has 0 saturated carbocycles. The Kier molecular flexibility index (Phi) is 3.40. The van der Waals surface area contributed by atoms with E-state index in [1.165, 1.54) is 16.7 Å². The molecule has 1 aliphatic heterocycles. The average Bonchev–Trinajstić information content (AvgIpc) is 2.39. The van der Waals surface area contributed by atoms with Crippen molar-refractivity contribution >= 4 is 6.21 Å². The van der Waals surface area contributed by atoms with Crippen molar-refractivity contribution < 1.29 is 0 Å². The number of benzene rings is 1. The highest BCUT2D eigenvalue weighted by Gasteiger charge is 2.10. The van der Waals surface area contributed by atoms with Crippen LogP contribution >= 0.6 is 0 Å². The molecule has 1 aromatic rings. The van der Waals surface area contributed by atoms with Gasteiger partial charge in [-0.3, -0.25) is 4.99 Å². The Bertz CT molecular complexity index is 401. The molecule has 0 spiro atoms. The van der Waals surface area contributed by atoms with Gasteiger partial charge in [0.1, 0.15) is 6.17 Å². The third-order valence-corrected chi connectivity index (χ3v) is 2.93. The van der Waals surface area contributed by atoms with Crippen LogP contribution in [0.25, 0.3) is 0 Å². The Labute approximate surface area is 97.1 Å². The highest BCUT2D eigenvalue weighted by atomic mass is 15.1. The summed E-state index contributed by atoms with van der Waals surface area (Å²) in [5.41, 5.74) is 3.84. The Hall–Kier alpha value is -1.57. The summed E-state index contributed by atoms with van der Waals surface area (Å²) in [4.78, 5) is 4.50. The smallest absolute Gasteiger partial charge is 0.144 e. The minimum atomic E-state index is 0.0845. The lowest BCUT2D eigenvalue weighted by atomic mass is 10.1. The number of aryl methyl sites for hydroxylation is 1. The van der Waals surface area contributed by atoms with Crippen molar-refractivity contribution in [3.63, 3.8) is 0 Å². The van der Waals surface area contributed by atoms with Crippen LogP contribution in [-0.2, 0) is 6.42 Å². The fourth-order valence-electron chi connectivity index (χ4n) is 1.75. The van der Waals surface area contributed by atoms with Gasteiger partial charge in [0, 0.05) is 12.4 Å². The molecule has 2 rings (SSSR count). The quantitative estimate of drug-likeness (QED) is 0.821. The van der Waals surface area contributed by atoms with E-state index in [9.17, 15) is 0 Å². The highest BCUT2D eigenvalue weighted by Crippen LogP contribution is 2.18. The fraction of sp³-hybridized carbons (Fsp3) is 0.357. The predicted octanol–water partition coefficient (Wildman–Crippen LogP) is 3.22. The summed E-state index contributed by atoms with van der Waals surface area (Å²) in [7, 11) is 0. The SMILES string of the molecule is CCC1=CNC(c2ccc(CC)cc2)N=C1. The maximum absolute atomic E-state index is 4.50. The topological polar surface area (TPSA) is 24.4 Å². The first-order chi connectivity index (χ1) is 7.83. The van der Waals surface area contributed by atoms with Crippen molar-refractivity contribution in [2.45, 2.75) is 32.9 Å². The second-order valence-corrected chi connectivity index (χ2v) is 4.02. The van der Waals surface area contributed by atoms with Crippen molar-refractivity contribution in [1.82, 2.24) is 5.32 Å². The first-order valence-electron chi connectivity index (χ1n) is 5.90. The minimum Gasteiger partial charge on any atom is -0.366 e. The molecule has 84 valence electrons. The van der Waals surface area contributed by atoms with Gasteiger partial charge in [-0.15, -0.1) is 0 Å². The van der Waals surface area contributed by atoms with Crippen LogP contribution in [0.2, 0.25) is 0 Å². The van der Waals surface area contributed by atoms with E-state index in [1.807, 2.05) is 6.21 Å². The molecule has 1 N–H and O–H groups in total. The fourth-order valence-corrected chi connectivity index (χ4v) is 1.75. The zero-order valence-corrected chi connectivity index (χ0v) is 9.90. The molecule has 2 nitrogen and oxygen atoms in total. The summed E-state index contributed by atoms with van der Waals surface area (Å²) in [5, 5.41) is 3.31. The molecule has 1 aliphatic rings. The van der Waals surface area contributed by atoms with Gasteiger partial charge in [-0.1, -0.05) is 38.1 Å². The number of rotatable bonds is 3. The minimum absolute atomic E-state index is 0.0845. The summed E-state index contributed by atoms with van der Waals surface area (Å²) in [6, 6.07) is 8.65. The molecule has 1 unspecified atom stereocenters. The number of allylic oxidation sites excluding steroid dienone is 1. The van der Waals surface area contributed by atoms with E-state index in [2.05, 4.69) is 54.6 Å². The van der Waals surface area contributed by atoms with Crippen LogP contribution in [0.5, 0.6) is 0 Å². The summed E-state index contributed by atoms with van der Waals surface area (Å²) in [6.45, 7) is 4.30. The molecule has 2 heteroatoms. The van der Waals surface area contributed by atoms with Gasteiger partial charge in [0.15, 0.2) is 0 Å². The lowest BCUT2D eigenvalue weighted by Gasteiger charge is -2.18. The monoisotopic (exact) mass is 214 g/mol. The van der Waals surface area contributed by atoms with Gasteiger partial charge in [-0.25, -0.2) is 0 Å². The van der Waals surface area contributed by atoms with Crippen LogP contribution < -0.4 is 5.32 Å². The van der Waals surface area contributed by atoms with Gasteiger partial charge in [-0.05, 0) is 29.5 Å². The van der Waals surface area contributed by atoms with Crippen molar-refractivity contribution in [2.24, 2.45) is 4.99 Å². The van der Waals surface area contributed by atoms with E-state index in [-0.39, 0.29) is 6.17 Å². The summed E-state index contributed by atoms with van der Waals surface area (Å²) >= 11 is 0. The largest absolute Gasteiger partial charge is 0.366 e. The third-order valence-electron chi connectivity index (χ3n) is 2.93. The molecule has 1 atom stereocenters. The molecule has 0 bridgehead atoms. The first kappa shape index (κ1) is 10.9. The molecular weight excluding hydrogens is 196 g/mol. The Morgan fingerprint density at radius 1 is 1.12 bits per heavy atom. The molecule has 0 aromatic heterocycles. The maximum Gasteiger partial charge on any atom is 0.144 e. The van der Waals surface area contributed by atoms with Gasteiger partial charge in [0.05, 0.1) is 0 Å². The molecule has 0 aliphatic carbocycles. The van der Waals surface area contributed by atoms with Crippen LogP contribution in [0.15, 0.2) is 41.0 Å². The van der Waals surface area contributed by atoms with Gasteiger partial charge >= 0.3 is 0 Å². The second-order valence-electron chi connectivity index (χ2n) is 4.02. The molecule has 0 amide bonds. The first-order valence-corrected chi connectivity index (χ1v) is 5.90. The Morgan fingerprint density at radius 2 is 1.88 bits per heavy atom. The van der Waals surface area contributed by atoms with Crippen molar-refractivity contribution in [3.8, 4) is 0 Å². The standard InChI is InChI=1S/C14H18N2/c1-3-11-5-7-13(8-6-11)14-15-9-12(4-2)10-16-14/h5-10,14-15H,3-4H2,1-2H3. The van der Waals surface area contributed by atoms with Gasteiger partial charge in [0.2, 0.25) is 0 Å². The van der Waals surface area contributed by atoms with E-state index < -0.39 is 0 Å². The van der Waals surface area contributed by atoms with E-state index in [4.69, 9.17) is 0 Å². The van der Waals surface area contributed by atoms with Crippen LogP contribution in [0.4, 0.5) is 0 Å². The van der Waals surface area contributed by atoms with Crippen molar-refractivity contribution in [1.29, 1.82) is 0 Å². The van der Waals surface area contributed by atoms with Crippen LogP contribution in [0, 0.1) is 0 Å². The molecule has 16 heavy (non-hydrogen) atoms. The highest BCUT2D eigenvalue weighted by molar-refractivity contribution is 5.79. The number of hydrogen-bond acceptors (Lipinski definition) is 2. The van der Waals surface area contributed by atoms with E-state index >= 15 is 0 Å². The van der Waals surface area contributed by atoms with Crippen LogP contribution in [0.3, 0.4) is 0 Å². The Morgan fingerprint density at radius 3 is 2.38 bits per heavy atom. The molecule has 0 fully saturated rings. The van der Waals surface area contributed by atoms with Crippen LogP contribution in [0.1, 0.15) is 37.6 Å². The molecule has 0 radical (unpaired) electrons. The zero-order valence-electron chi connectivity index (χ0n) is 9.90. The van der Waals surface area contributed by atoms with Crippen LogP contribution in [-0.4, -0.2) is 6.21 Å².